The lowest BCUT2D eigenvalue weighted by Gasteiger charge is -2.17. The van der Waals surface area contributed by atoms with E-state index >= 15 is 0 Å². The van der Waals surface area contributed by atoms with E-state index in [2.05, 4.69) is 10.9 Å². The third kappa shape index (κ3) is 3.07. The van der Waals surface area contributed by atoms with E-state index in [4.69, 9.17) is 11.2 Å². The highest BCUT2D eigenvalue weighted by Crippen LogP contribution is 2.25. The number of fused-ring (bicyclic) bond motifs is 1. The molecule has 0 saturated carbocycles. The van der Waals surface area contributed by atoms with Crippen LogP contribution in [0.15, 0.2) is 65.4 Å². The molecule has 0 aliphatic heterocycles. The van der Waals surface area contributed by atoms with Gasteiger partial charge in [-0.2, -0.15) is 0 Å². The van der Waals surface area contributed by atoms with E-state index in [1.807, 2.05) is 49.4 Å². The number of carbonyl (C=O) groups is 1. The number of ether oxygens (including phenoxy) is 1. The topological polar surface area (TPSA) is 38.7 Å². The Hall–Kier alpha value is -3.12. The van der Waals surface area contributed by atoms with Crippen LogP contribution in [0.25, 0.3) is 0 Å². The van der Waals surface area contributed by atoms with Crippen LogP contribution in [-0.2, 0) is 4.74 Å². The van der Waals surface area contributed by atoms with Gasteiger partial charge in [0.05, 0.1) is 11.4 Å². The zero-order chi connectivity index (χ0) is 16.2. The molecule has 0 radical (unpaired) electrons. The Balaban J connectivity index is 2.08. The van der Waals surface area contributed by atoms with Crippen LogP contribution in [0.2, 0.25) is 0 Å². The first-order chi connectivity index (χ1) is 11.2. The molecular formula is C20H15NO2. The molecule has 112 valence electrons. The summed E-state index contributed by atoms with van der Waals surface area (Å²) in [5.41, 5.74) is 4.05. The Morgan fingerprint density at radius 2 is 1.78 bits per heavy atom. The fourth-order valence-corrected chi connectivity index (χ4v) is 2.38. The molecule has 0 heterocycles. The summed E-state index contributed by atoms with van der Waals surface area (Å²) >= 11 is 0. The van der Waals surface area contributed by atoms with Crippen molar-refractivity contribution in [3.05, 3.63) is 77.1 Å². The highest BCUT2D eigenvalue weighted by Gasteiger charge is 2.25. The van der Waals surface area contributed by atoms with Crippen LogP contribution in [0.5, 0.6) is 0 Å². The lowest BCUT2D eigenvalue weighted by molar-refractivity contribution is 0.0937. The minimum absolute atomic E-state index is 0.0531. The summed E-state index contributed by atoms with van der Waals surface area (Å²) in [7, 11) is 0. The van der Waals surface area contributed by atoms with Gasteiger partial charge >= 0.3 is 0 Å². The molecule has 0 fully saturated rings. The van der Waals surface area contributed by atoms with Gasteiger partial charge in [0.2, 0.25) is 5.78 Å². The molecule has 0 atom stereocenters. The average Bonchev–Trinajstić information content (AvgIpc) is 2.58. The fourth-order valence-electron chi connectivity index (χ4n) is 2.38. The molecule has 0 spiro atoms. The quantitative estimate of drug-likeness (QED) is 0.808. The van der Waals surface area contributed by atoms with Gasteiger partial charge in [-0.3, -0.25) is 4.79 Å². The van der Waals surface area contributed by atoms with Gasteiger partial charge in [0, 0.05) is 17.2 Å². The van der Waals surface area contributed by atoms with E-state index in [0.717, 1.165) is 11.3 Å². The number of hydrogen-bond acceptors (Lipinski definition) is 3. The standard InChI is InChI=1S/C20H15NO2/c1-3-12-23-19-13-18(21-15-10-8-14(2)9-11-15)16-6-4-5-7-17(16)20(19)22/h1,4-11,13H,12H2,2H3. The summed E-state index contributed by atoms with van der Waals surface area (Å²) in [4.78, 5) is 17.1. The number of terminal acetylenes is 1. The second-order valence-corrected chi connectivity index (χ2v) is 5.21. The molecule has 2 aromatic rings. The van der Waals surface area contributed by atoms with Crippen molar-refractivity contribution in [3.63, 3.8) is 0 Å². The van der Waals surface area contributed by atoms with Crippen molar-refractivity contribution in [2.75, 3.05) is 6.61 Å². The average molecular weight is 301 g/mol. The smallest absolute Gasteiger partial charge is 0.228 e. The predicted octanol–water partition coefficient (Wildman–Crippen LogP) is 3.85. The molecule has 1 aliphatic rings. The lowest BCUT2D eigenvalue weighted by Crippen LogP contribution is -2.19. The summed E-state index contributed by atoms with van der Waals surface area (Å²) < 4.78 is 5.38. The molecule has 23 heavy (non-hydrogen) atoms. The van der Waals surface area contributed by atoms with E-state index in [1.54, 1.807) is 12.1 Å². The van der Waals surface area contributed by atoms with E-state index in [9.17, 15) is 4.79 Å². The molecule has 0 aromatic heterocycles. The summed E-state index contributed by atoms with van der Waals surface area (Å²) in [5, 5.41) is 0. The van der Waals surface area contributed by atoms with Crippen LogP contribution < -0.4 is 0 Å². The number of aryl methyl sites for hydroxylation is 1. The molecule has 3 nitrogen and oxygen atoms in total. The van der Waals surface area contributed by atoms with Crippen LogP contribution in [-0.4, -0.2) is 18.1 Å². The Kier molecular flexibility index (Phi) is 4.07. The van der Waals surface area contributed by atoms with Gasteiger partial charge < -0.3 is 4.74 Å². The number of allylic oxidation sites excluding steroid dienone is 2. The molecule has 0 unspecified atom stereocenters. The number of aliphatic imine (C=N–C) groups is 1. The maximum Gasteiger partial charge on any atom is 0.228 e. The van der Waals surface area contributed by atoms with E-state index < -0.39 is 0 Å². The number of hydrogen-bond donors (Lipinski definition) is 0. The van der Waals surface area contributed by atoms with E-state index in [0.29, 0.717) is 11.3 Å². The Bertz CT molecular complexity index is 852. The third-order valence-electron chi connectivity index (χ3n) is 3.53. The first-order valence-corrected chi connectivity index (χ1v) is 7.26. The van der Waals surface area contributed by atoms with Gasteiger partial charge in [0.1, 0.15) is 6.61 Å². The molecule has 2 aromatic carbocycles. The normalized spacial score (nSPS) is 14.9. The Morgan fingerprint density at radius 1 is 1.09 bits per heavy atom. The highest BCUT2D eigenvalue weighted by molar-refractivity contribution is 6.25. The maximum absolute atomic E-state index is 12.4. The minimum Gasteiger partial charge on any atom is -0.477 e. The maximum atomic E-state index is 12.4. The fraction of sp³-hybridized carbons (Fsp3) is 0.100. The molecule has 0 bridgehead atoms. The van der Waals surface area contributed by atoms with Crippen LogP contribution in [0.3, 0.4) is 0 Å². The zero-order valence-electron chi connectivity index (χ0n) is 12.7. The SMILES string of the molecule is C#CCOC1=CC(=Nc2ccc(C)cc2)c2ccccc2C1=O. The van der Waals surface area contributed by atoms with Crippen LogP contribution in [0.1, 0.15) is 21.5 Å². The highest BCUT2D eigenvalue weighted by atomic mass is 16.5. The monoisotopic (exact) mass is 301 g/mol. The van der Waals surface area contributed by atoms with Crippen molar-refractivity contribution in [2.45, 2.75) is 6.92 Å². The Labute approximate surface area is 135 Å². The van der Waals surface area contributed by atoms with Crippen molar-refractivity contribution in [3.8, 4) is 12.3 Å². The summed E-state index contributed by atoms with van der Waals surface area (Å²) in [6.45, 7) is 2.08. The molecular weight excluding hydrogens is 286 g/mol. The van der Waals surface area contributed by atoms with Crippen LogP contribution in [0, 0.1) is 19.3 Å². The van der Waals surface area contributed by atoms with Crippen LogP contribution >= 0.6 is 0 Å². The molecule has 3 heteroatoms. The van der Waals surface area contributed by atoms with Crippen molar-refractivity contribution >= 4 is 17.2 Å². The molecule has 1 aliphatic carbocycles. The summed E-state index contributed by atoms with van der Waals surface area (Å²) in [6, 6.07) is 15.2. The molecule has 0 amide bonds. The van der Waals surface area contributed by atoms with Crippen LogP contribution in [0.4, 0.5) is 5.69 Å². The number of rotatable bonds is 3. The molecule has 0 saturated heterocycles. The second kappa shape index (κ2) is 6.33. The number of carbonyl (C=O) groups excluding carboxylic acids is 1. The number of Topliss-reactive ketones (excluding diaryl/α,β-unsaturated/α-hetero) is 1. The third-order valence-corrected chi connectivity index (χ3v) is 3.53. The minimum atomic E-state index is -0.168. The lowest BCUT2D eigenvalue weighted by atomic mass is 9.93. The molecule has 3 rings (SSSR count). The largest absolute Gasteiger partial charge is 0.477 e. The van der Waals surface area contributed by atoms with Crippen molar-refractivity contribution < 1.29 is 9.53 Å². The summed E-state index contributed by atoms with van der Waals surface area (Å²) in [5.74, 6) is 2.44. The number of nitrogens with zero attached hydrogens (tertiary/aromatic N) is 1. The zero-order valence-corrected chi connectivity index (χ0v) is 12.7. The second-order valence-electron chi connectivity index (χ2n) is 5.21. The van der Waals surface area contributed by atoms with Gasteiger partial charge in [-0.05, 0) is 19.1 Å². The number of ketones is 1. The van der Waals surface area contributed by atoms with Crippen molar-refractivity contribution in [1.82, 2.24) is 0 Å². The van der Waals surface area contributed by atoms with Gasteiger partial charge in [0.15, 0.2) is 5.76 Å². The summed E-state index contributed by atoms with van der Waals surface area (Å²) in [6.07, 6.45) is 6.87. The van der Waals surface area contributed by atoms with Crippen molar-refractivity contribution in [2.24, 2.45) is 4.99 Å². The Morgan fingerprint density at radius 3 is 2.48 bits per heavy atom. The van der Waals surface area contributed by atoms with E-state index in [1.165, 1.54) is 5.56 Å². The van der Waals surface area contributed by atoms with Gasteiger partial charge in [-0.1, -0.05) is 47.9 Å². The van der Waals surface area contributed by atoms with Gasteiger partial charge in [-0.15, -0.1) is 6.42 Å². The predicted molar refractivity (Wildman–Crippen MR) is 91.0 cm³/mol. The van der Waals surface area contributed by atoms with Gasteiger partial charge in [0.25, 0.3) is 0 Å². The van der Waals surface area contributed by atoms with Crippen molar-refractivity contribution in [1.29, 1.82) is 0 Å². The molecule has 0 N–H and O–H groups in total. The number of benzene rings is 2. The van der Waals surface area contributed by atoms with E-state index in [-0.39, 0.29) is 18.1 Å². The first kappa shape index (κ1) is 14.8. The first-order valence-electron chi connectivity index (χ1n) is 7.26. The van der Waals surface area contributed by atoms with Gasteiger partial charge in [-0.25, -0.2) is 4.99 Å².